The molecule has 1 aromatic rings. The lowest BCUT2D eigenvalue weighted by Crippen LogP contribution is -2.15. The number of benzene rings is 1. The van der Waals surface area contributed by atoms with Crippen LogP contribution in [0.15, 0.2) is 29.2 Å². The van der Waals surface area contributed by atoms with E-state index >= 15 is 0 Å². The van der Waals surface area contributed by atoms with Crippen LogP contribution < -0.4 is 0 Å². The molecule has 0 bridgehead atoms. The van der Waals surface area contributed by atoms with Gasteiger partial charge in [0.15, 0.2) is 0 Å². The van der Waals surface area contributed by atoms with E-state index in [2.05, 4.69) is 0 Å². The lowest BCUT2D eigenvalue weighted by molar-refractivity contribution is 0.0596. The molecule has 17 heavy (non-hydrogen) atoms. The van der Waals surface area contributed by atoms with Gasteiger partial charge in [-0.25, -0.2) is 4.79 Å². The van der Waals surface area contributed by atoms with Crippen LogP contribution in [0.3, 0.4) is 0 Å². The number of amides is 1. The largest absolute Gasteiger partial charge is 0.465 e. The van der Waals surface area contributed by atoms with Gasteiger partial charge in [0.25, 0.3) is 5.24 Å². The van der Waals surface area contributed by atoms with Gasteiger partial charge >= 0.3 is 5.97 Å². The molecule has 90 valence electrons. The minimum Gasteiger partial charge on any atom is -0.465 e. The van der Waals surface area contributed by atoms with E-state index in [9.17, 15) is 9.59 Å². The van der Waals surface area contributed by atoms with E-state index in [4.69, 9.17) is 4.74 Å². The highest BCUT2D eigenvalue weighted by molar-refractivity contribution is 8.15. The van der Waals surface area contributed by atoms with Gasteiger partial charge in [0, 0.05) is 17.2 Å². The Balaban J connectivity index is 2.20. The maximum absolute atomic E-state index is 11.5. The van der Waals surface area contributed by atoms with E-state index in [0.29, 0.717) is 12.1 Å². The van der Waals surface area contributed by atoms with Gasteiger partial charge in [-0.15, -0.1) is 0 Å². The lowest BCUT2D eigenvalue weighted by Gasteiger charge is -2.14. The molecule has 0 unspecified atom stereocenters. The molecule has 0 aromatic heterocycles. The molecule has 0 spiro atoms. The van der Waals surface area contributed by atoms with E-state index in [-0.39, 0.29) is 11.2 Å². The summed E-state index contributed by atoms with van der Waals surface area (Å²) in [7, 11) is 1.35. The van der Waals surface area contributed by atoms with E-state index in [0.717, 1.165) is 10.6 Å². The third-order valence-corrected chi connectivity index (χ3v) is 4.32. The fraction of sp³-hybridized carbons (Fsp3) is 0.273. The molecule has 1 fully saturated rings. The van der Waals surface area contributed by atoms with E-state index in [1.165, 1.54) is 30.8 Å². The van der Waals surface area contributed by atoms with Gasteiger partial charge in [-0.2, -0.15) is 0 Å². The number of esters is 1. The maximum atomic E-state index is 11.5. The fourth-order valence-corrected chi connectivity index (χ4v) is 3.36. The summed E-state index contributed by atoms with van der Waals surface area (Å²) in [4.78, 5) is 23.8. The molecular weight excluding hydrogens is 258 g/mol. The van der Waals surface area contributed by atoms with E-state index in [1.54, 1.807) is 16.4 Å². The Morgan fingerprint density at radius 3 is 2.88 bits per heavy atom. The van der Waals surface area contributed by atoms with Crippen molar-refractivity contribution >= 4 is 34.9 Å². The number of nitrogens with zero attached hydrogens (tertiary/aromatic N) is 1. The third-order valence-electron chi connectivity index (χ3n) is 2.22. The molecule has 0 saturated carbocycles. The van der Waals surface area contributed by atoms with E-state index < -0.39 is 0 Å². The van der Waals surface area contributed by atoms with Gasteiger partial charge in [-0.3, -0.25) is 9.10 Å². The Morgan fingerprint density at radius 1 is 1.47 bits per heavy atom. The smallest absolute Gasteiger partial charge is 0.339 e. The van der Waals surface area contributed by atoms with Crippen molar-refractivity contribution in [3.05, 3.63) is 29.8 Å². The van der Waals surface area contributed by atoms with Crippen LogP contribution in [-0.4, -0.2) is 34.9 Å². The Bertz CT molecular complexity index is 450. The van der Waals surface area contributed by atoms with Crippen molar-refractivity contribution in [2.24, 2.45) is 0 Å². The first kappa shape index (κ1) is 12.3. The number of methoxy groups -OCH3 is 1. The first-order valence-corrected chi connectivity index (χ1v) is 6.78. The van der Waals surface area contributed by atoms with Gasteiger partial charge in [0.05, 0.1) is 12.7 Å². The number of carbonyl (C=O) groups excluding carboxylic acids is 2. The van der Waals surface area contributed by atoms with Crippen LogP contribution in [-0.2, 0) is 4.74 Å². The van der Waals surface area contributed by atoms with Crippen molar-refractivity contribution in [2.75, 3.05) is 19.4 Å². The third kappa shape index (κ3) is 2.76. The Morgan fingerprint density at radius 2 is 2.24 bits per heavy atom. The van der Waals surface area contributed by atoms with Crippen molar-refractivity contribution < 1.29 is 14.3 Å². The second-order valence-corrected chi connectivity index (χ2v) is 5.40. The molecule has 2 rings (SSSR count). The summed E-state index contributed by atoms with van der Waals surface area (Å²) in [5, 5.41) is 0.0367. The van der Waals surface area contributed by atoms with Gasteiger partial charge in [-0.05, 0) is 24.1 Å². The van der Waals surface area contributed by atoms with Crippen LogP contribution in [0.5, 0.6) is 0 Å². The second-order valence-electron chi connectivity index (χ2n) is 3.30. The van der Waals surface area contributed by atoms with Crippen LogP contribution in [0.2, 0.25) is 0 Å². The summed E-state index contributed by atoms with van der Waals surface area (Å²) >= 11 is 2.59. The highest BCUT2D eigenvalue weighted by Crippen LogP contribution is 2.32. The van der Waals surface area contributed by atoms with Crippen LogP contribution in [0.4, 0.5) is 4.79 Å². The van der Waals surface area contributed by atoms with Gasteiger partial charge < -0.3 is 4.74 Å². The predicted octanol–water partition coefficient (Wildman–Crippen LogP) is 2.65. The Labute approximate surface area is 108 Å². The molecule has 1 amide bonds. The number of hydrogen-bond acceptors (Lipinski definition) is 5. The molecule has 1 heterocycles. The van der Waals surface area contributed by atoms with Crippen molar-refractivity contribution in [3.63, 3.8) is 0 Å². The van der Waals surface area contributed by atoms with Crippen molar-refractivity contribution in [1.29, 1.82) is 0 Å². The fourth-order valence-electron chi connectivity index (χ4n) is 1.41. The Kier molecular flexibility index (Phi) is 3.96. The van der Waals surface area contributed by atoms with Crippen LogP contribution in [0, 0.1) is 0 Å². The molecule has 0 radical (unpaired) electrons. The van der Waals surface area contributed by atoms with Crippen LogP contribution in [0.1, 0.15) is 10.4 Å². The summed E-state index contributed by atoms with van der Waals surface area (Å²) in [6, 6.07) is 7.12. The molecule has 0 N–H and O–H groups in total. The molecule has 0 aliphatic carbocycles. The molecule has 1 saturated heterocycles. The Hall–Kier alpha value is -1.14. The highest BCUT2D eigenvalue weighted by atomic mass is 32.2. The molecule has 4 nitrogen and oxygen atoms in total. The zero-order chi connectivity index (χ0) is 12.3. The summed E-state index contributed by atoms with van der Waals surface area (Å²) in [5.74, 6) is 0.416. The van der Waals surface area contributed by atoms with Gasteiger partial charge in [0.1, 0.15) is 0 Å². The highest BCUT2D eigenvalue weighted by Gasteiger charge is 2.24. The number of hydrogen-bond donors (Lipinski definition) is 0. The quantitative estimate of drug-likeness (QED) is 0.623. The van der Waals surface area contributed by atoms with E-state index in [1.807, 2.05) is 12.1 Å². The topological polar surface area (TPSA) is 46.6 Å². The second kappa shape index (κ2) is 5.46. The molecule has 6 heteroatoms. The summed E-state index contributed by atoms with van der Waals surface area (Å²) in [6.07, 6.45) is 0. The molecule has 1 aliphatic heterocycles. The molecule has 0 atom stereocenters. The maximum Gasteiger partial charge on any atom is 0.339 e. The summed E-state index contributed by atoms with van der Waals surface area (Å²) < 4.78 is 6.37. The molecule has 1 aliphatic rings. The average Bonchev–Trinajstić information content (AvgIpc) is 2.75. The first-order valence-electron chi connectivity index (χ1n) is 5.02. The minimum atomic E-state index is -0.382. The van der Waals surface area contributed by atoms with Crippen molar-refractivity contribution in [3.8, 4) is 0 Å². The predicted molar refractivity (Wildman–Crippen MR) is 68.2 cm³/mol. The normalized spacial score (nSPS) is 15.1. The molecular formula is C11H11NO3S2. The molecule has 1 aromatic carbocycles. The monoisotopic (exact) mass is 269 g/mol. The minimum absolute atomic E-state index is 0.0367. The summed E-state index contributed by atoms with van der Waals surface area (Å²) in [5.41, 5.74) is 0.490. The van der Waals surface area contributed by atoms with Gasteiger partial charge in [-0.1, -0.05) is 23.9 Å². The standard InChI is InChI=1S/C11H11NO3S2/c1-15-10(13)8-4-2-3-5-9(8)17-12-6-7-16-11(12)14/h2-5H,6-7H2,1H3. The van der Waals surface area contributed by atoms with Crippen LogP contribution in [0.25, 0.3) is 0 Å². The zero-order valence-electron chi connectivity index (χ0n) is 9.21. The average molecular weight is 269 g/mol. The number of rotatable bonds is 3. The first-order chi connectivity index (χ1) is 8.22. The number of thioether (sulfide) groups is 1. The van der Waals surface area contributed by atoms with Crippen molar-refractivity contribution in [2.45, 2.75) is 4.90 Å². The number of carbonyl (C=O) groups is 2. The zero-order valence-corrected chi connectivity index (χ0v) is 10.8. The number of ether oxygens (including phenoxy) is 1. The van der Waals surface area contributed by atoms with Gasteiger partial charge in [0.2, 0.25) is 0 Å². The van der Waals surface area contributed by atoms with Crippen LogP contribution >= 0.6 is 23.7 Å². The van der Waals surface area contributed by atoms with Crippen molar-refractivity contribution in [1.82, 2.24) is 4.31 Å². The summed E-state index contributed by atoms with van der Waals surface area (Å²) in [6.45, 7) is 0.698. The SMILES string of the molecule is COC(=O)c1ccccc1SN1CCSC1=O. The lowest BCUT2D eigenvalue weighted by atomic mass is 10.2.